The summed E-state index contributed by atoms with van der Waals surface area (Å²) in [4.78, 5) is 35.0. The molecule has 0 atom stereocenters. The van der Waals surface area contributed by atoms with Crippen molar-refractivity contribution in [3.8, 4) is 0 Å². The Labute approximate surface area is 95.0 Å². The Morgan fingerprint density at radius 3 is 2.71 bits per heavy atom. The first-order valence-electron chi connectivity index (χ1n) is 4.52. The van der Waals surface area contributed by atoms with Crippen LogP contribution in [0.5, 0.6) is 0 Å². The number of hydrogen-bond donors (Lipinski definition) is 1. The first-order valence-corrected chi connectivity index (χ1v) is 4.52. The molecule has 0 radical (unpaired) electrons. The molecule has 0 bridgehead atoms. The maximum Gasteiger partial charge on any atom is 0.361 e. The molecule has 1 rings (SSSR count). The van der Waals surface area contributed by atoms with Crippen LogP contribution in [0, 0.1) is 10.1 Å². The fraction of sp³-hybridized carbons (Fsp3) is 0.222. The maximum atomic E-state index is 11.3. The lowest BCUT2D eigenvalue weighted by Crippen LogP contribution is -2.10. The highest BCUT2D eigenvalue weighted by Crippen LogP contribution is 2.18. The molecule has 1 heterocycles. The zero-order valence-corrected chi connectivity index (χ0v) is 8.74. The number of pyridine rings is 1. The zero-order chi connectivity index (χ0) is 13.0. The molecule has 17 heavy (non-hydrogen) atoms. The van der Waals surface area contributed by atoms with E-state index in [1.807, 2.05) is 0 Å². The molecular weight excluding hydrogens is 232 g/mol. The van der Waals surface area contributed by atoms with Gasteiger partial charge in [-0.3, -0.25) is 10.1 Å². The number of carbonyl (C=O) groups excluding carboxylic acids is 1. The third-order valence-electron chi connectivity index (χ3n) is 1.78. The monoisotopic (exact) mass is 240 g/mol. The second-order valence-corrected chi connectivity index (χ2v) is 2.87. The Morgan fingerprint density at radius 1 is 1.59 bits per heavy atom. The number of carboxylic acids is 1. The smallest absolute Gasteiger partial charge is 0.361 e. The van der Waals surface area contributed by atoms with Crippen molar-refractivity contribution in [2.45, 2.75) is 6.92 Å². The first kappa shape index (κ1) is 12.6. The van der Waals surface area contributed by atoms with Crippen molar-refractivity contribution in [1.82, 2.24) is 4.98 Å². The van der Waals surface area contributed by atoms with Gasteiger partial charge in [-0.2, -0.15) is 0 Å². The molecule has 8 nitrogen and oxygen atoms in total. The van der Waals surface area contributed by atoms with Crippen LogP contribution in [0.1, 0.15) is 27.8 Å². The van der Waals surface area contributed by atoms with Gasteiger partial charge in [-0.25, -0.2) is 14.6 Å². The highest BCUT2D eigenvalue weighted by Gasteiger charge is 2.24. The normalized spacial score (nSPS) is 9.71. The molecule has 8 heteroatoms. The average Bonchev–Trinajstić information content (AvgIpc) is 2.28. The molecule has 0 aromatic carbocycles. The summed E-state index contributed by atoms with van der Waals surface area (Å²) >= 11 is 0. The summed E-state index contributed by atoms with van der Waals surface area (Å²) in [6.45, 7) is 1.68. The van der Waals surface area contributed by atoms with Crippen molar-refractivity contribution < 1.29 is 24.4 Å². The topological polar surface area (TPSA) is 120 Å². The molecule has 0 saturated heterocycles. The summed E-state index contributed by atoms with van der Waals surface area (Å²) in [5.74, 6) is -2.33. The number of carboxylic acid groups (broad SMARTS) is 1. The Bertz CT molecular complexity index is 484. The number of carbonyl (C=O) groups is 2. The molecular formula is C9H8N2O6. The van der Waals surface area contributed by atoms with Crippen molar-refractivity contribution in [2.75, 3.05) is 6.61 Å². The molecule has 0 aliphatic heterocycles. The second kappa shape index (κ2) is 5.01. The number of ether oxygens (including phenoxy) is 1. The summed E-state index contributed by atoms with van der Waals surface area (Å²) in [7, 11) is 0. The van der Waals surface area contributed by atoms with Crippen LogP contribution >= 0.6 is 0 Å². The summed E-state index contributed by atoms with van der Waals surface area (Å²) in [5.41, 5.74) is -1.63. The minimum absolute atomic E-state index is 0.104. The second-order valence-electron chi connectivity index (χ2n) is 2.87. The van der Waals surface area contributed by atoms with E-state index in [0.717, 1.165) is 12.3 Å². The van der Waals surface area contributed by atoms with Crippen molar-refractivity contribution in [3.63, 3.8) is 0 Å². The van der Waals surface area contributed by atoms with Crippen LogP contribution in [0.4, 0.5) is 5.69 Å². The molecule has 1 aromatic rings. The largest absolute Gasteiger partial charge is 0.476 e. The number of hydrogen-bond acceptors (Lipinski definition) is 6. The van der Waals surface area contributed by atoms with Gasteiger partial charge in [0.15, 0.2) is 0 Å². The number of esters is 1. The first-order chi connectivity index (χ1) is 7.97. The standard InChI is InChI=1S/C9H8N2O6/c1-2-17-9(14)5-3-6(11(15)16)7(8(12)13)10-4-5/h3-4H,2H2,1H3,(H,12,13). The van der Waals surface area contributed by atoms with Crippen LogP contribution in [0.2, 0.25) is 0 Å². The predicted molar refractivity (Wildman–Crippen MR) is 53.8 cm³/mol. The molecule has 0 spiro atoms. The van der Waals surface area contributed by atoms with Crippen molar-refractivity contribution in [2.24, 2.45) is 0 Å². The van der Waals surface area contributed by atoms with E-state index in [4.69, 9.17) is 5.11 Å². The minimum atomic E-state index is -1.54. The number of aromatic nitrogens is 1. The number of nitro groups is 1. The van der Waals surface area contributed by atoms with E-state index in [1.165, 1.54) is 0 Å². The van der Waals surface area contributed by atoms with Crippen molar-refractivity contribution >= 4 is 17.6 Å². The maximum absolute atomic E-state index is 11.3. The zero-order valence-electron chi connectivity index (χ0n) is 8.74. The number of aromatic carboxylic acids is 1. The molecule has 0 saturated carbocycles. The van der Waals surface area contributed by atoms with Gasteiger partial charge < -0.3 is 9.84 Å². The minimum Gasteiger partial charge on any atom is -0.476 e. The van der Waals surface area contributed by atoms with Gasteiger partial charge in [-0.15, -0.1) is 0 Å². The van der Waals surface area contributed by atoms with Gasteiger partial charge in [0, 0.05) is 12.3 Å². The lowest BCUT2D eigenvalue weighted by molar-refractivity contribution is -0.385. The van der Waals surface area contributed by atoms with E-state index in [0.29, 0.717) is 0 Å². The van der Waals surface area contributed by atoms with Crippen LogP contribution in [0.3, 0.4) is 0 Å². The molecule has 0 unspecified atom stereocenters. The van der Waals surface area contributed by atoms with Gasteiger partial charge >= 0.3 is 17.6 Å². The van der Waals surface area contributed by atoms with Gasteiger partial charge in [0.2, 0.25) is 5.69 Å². The van der Waals surface area contributed by atoms with Crippen molar-refractivity contribution in [1.29, 1.82) is 0 Å². The van der Waals surface area contributed by atoms with Crippen LogP contribution < -0.4 is 0 Å². The molecule has 1 aromatic heterocycles. The molecule has 90 valence electrons. The molecule has 1 N–H and O–H groups in total. The molecule has 0 aliphatic rings. The number of nitrogens with zero attached hydrogens (tertiary/aromatic N) is 2. The summed E-state index contributed by atoms with van der Waals surface area (Å²) in [6.07, 6.45) is 0.925. The fourth-order valence-corrected chi connectivity index (χ4v) is 1.08. The summed E-state index contributed by atoms with van der Waals surface area (Å²) in [6, 6.07) is 0.828. The van der Waals surface area contributed by atoms with Crippen molar-refractivity contribution in [3.05, 3.63) is 33.6 Å². The third-order valence-corrected chi connectivity index (χ3v) is 1.78. The lowest BCUT2D eigenvalue weighted by atomic mass is 10.2. The van der Waals surface area contributed by atoms with Crippen LogP contribution in [-0.4, -0.2) is 33.6 Å². The summed E-state index contributed by atoms with van der Waals surface area (Å²) in [5, 5.41) is 19.3. The fourth-order valence-electron chi connectivity index (χ4n) is 1.08. The van der Waals surface area contributed by atoms with E-state index >= 15 is 0 Å². The SMILES string of the molecule is CCOC(=O)c1cnc(C(=O)O)c([N+](=O)[O-])c1. The highest BCUT2D eigenvalue weighted by molar-refractivity contribution is 5.94. The Hall–Kier alpha value is -2.51. The van der Waals surface area contributed by atoms with Crippen LogP contribution in [-0.2, 0) is 4.74 Å². The van der Waals surface area contributed by atoms with Gasteiger partial charge in [-0.1, -0.05) is 0 Å². The van der Waals surface area contributed by atoms with Crippen LogP contribution in [0.15, 0.2) is 12.3 Å². The Kier molecular flexibility index (Phi) is 3.70. The van der Waals surface area contributed by atoms with Crippen LogP contribution in [0.25, 0.3) is 0 Å². The van der Waals surface area contributed by atoms with Gasteiger partial charge in [0.1, 0.15) is 0 Å². The quantitative estimate of drug-likeness (QED) is 0.470. The highest BCUT2D eigenvalue weighted by atomic mass is 16.6. The predicted octanol–water partition coefficient (Wildman–Crippen LogP) is 0.865. The van der Waals surface area contributed by atoms with E-state index < -0.39 is 28.2 Å². The van der Waals surface area contributed by atoms with E-state index in [9.17, 15) is 19.7 Å². The van der Waals surface area contributed by atoms with Gasteiger partial charge in [-0.05, 0) is 6.92 Å². The third kappa shape index (κ3) is 2.74. The average molecular weight is 240 g/mol. The molecule has 0 amide bonds. The molecule has 0 fully saturated rings. The Balaban J connectivity index is 3.23. The van der Waals surface area contributed by atoms with Gasteiger partial charge in [0.25, 0.3) is 0 Å². The Morgan fingerprint density at radius 2 is 2.24 bits per heavy atom. The molecule has 0 aliphatic carbocycles. The summed E-state index contributed by atoms with van der Waals surface area (Å²) < 4.78 is 4.61. The van der Waals surface area contributed by atoms with E-state index in [1.54, 1.807) is 6.92 Å². The lowest BCUT2D eigenvalue weighted by Gasteiger charge is -2.02. The number of rotatable bonds is 4. The van der Waals surface area contributed by atoms with Gasteiger partial charge in [0.05, 0.1) is 17.1 Å². The van der Waals surface area contributed by atoms with E-state index in [2.05, 4.69) is 9.72 Å². The van der Waals surface area contributed by atoms with E-state index in [-0.39, 0.29) is 12.2 Å².